The van der Waals surface area contributed by atoms with Crippen LogP contribution in [0.5, 0.6) is 0 Å². The second-order valence-electron chi connectivity index (χ2n) is 5.00. The van der Waals surface area contributed by atoms with Crippen LogP contribution in [0.4, 0.5) is 10.1 Å². The fourth-order valence-corrected chi connectivity index (χ4v) is 2.43. The molecule has 1 aliphatic heterocycles. The fourth-order valence-electron chi connectivity index (χ4n) is 2.19. The molecule has 0 radical (unpaired) electrons. The molecule has 108 valence electrons. The van der Waals surface area contributed by atoms with E-state index in [0.717, 1.165) is 0 Å². The highest BCUT2D eigenvalue weighted by Gasteiger charge is 2.39. The van der Waals surface area contributed by atoms with Gasteiger partial charge in [-0.2, -0.15) is 0 Å². The van der Waals surface area contributed by atoms with Gasteiger partial charge in [-0.15, -0.1) is 0 Å². The van der Waals surface area contributed by atoms with Gasteiger partial charge >= 0.3 is 0 Å². The molecule has 1 heterocycles. The van der Waals surface area contributed by atoms with Crippen LogP contribution in [0.25, 0.3) is 0 Å². The number of rotatable bonds is 5. The van der Waals surface area contributed by atoms with Crippen LogP contribution in [0, 0.1) is 5.82 Å². The van der Waals surface area contributed by atoms with E-state index < -0.39 is 17.5 Å². The van der Waals surface area contributed by atoms with E-state index in [1.54, 1.807) is 0 Å². The lowest BCUT2D eigenvalue weighted by Crippen LogP contribution is -2.33. The molecule has 0 aliphatic carbocycles. The zero-order valence-electron chi connectivity index (χ0n) is 11.4. The molecule has 1 aromatic carbocycles. The van der Waals surface area contributed by atoms with Crippen LogP contribution in [-0.2, 0) is 4.79 Å². The number of carbonyl (C=O) groups excluding carboxylic acids is 2. The fraction of sp³-hybridized carbons (Fsp3) is 0.429. The number of hydrogen-bond acceptors (Lipinski definition) is 3. The van der Waals surface area contributed by atoms with Gasteiger partial charge in [0.2, 0.25) is 0 Å². The number of benzene rings is 1. The number of carbonyl (C=O) groups is 2. The number of hydrogen-bond donors (Lipinski definition) is 1. The summed E-state index contributed by atoms with van der Waals surface area (Å²) in [5.74, 6) is -2.04. The molecule has 0 saturated heterocycles. The third-order valence-corrected chi connectivity index (χ3v) is 3.44. The second kappa shape index (κ2) is 5.89. The van der Waals surface area contributed by atoms with Crippen LogP contribution < -0.4 is 10.2 Å². The maximum Gasteiger partial charge on any atom is 0.299 e. The third-order valence-electron chi connectivity index (χ3n) is 3.13. The number of fused-ring (bicyclic) bond motifs is 1. The number of halogens is 2. The van der Waals surface area contributed by atoms with Crippen LogP contribution in [-0.4, -0.2) is 30.8 Å². The average Bonchev–Trinajstić information content (AvgIpc) is 2.64. The van der Waals surface area contributed by atoms with Gasteiger partial charge in [-0.1, -0.05) is 25.4 Å². The van der Waals surface area contributed by atoms with Crippen molar-refractivity contribution in [2.24, 2.45) is 0 Å². The van der Waals surface area contributed by atoms with E-state index in [1.807, 2.05) is 13.8 Å². The summed E-state index contributed by atoms with van der Waals surface area (Å²) in [5.41, 5.74) is -0.00877. The van der Waals surface area contributed by atoms with Crippen LogP contribution >= 0.6 is 11.6 Å². The number of amides is 1. The summed E-state index contributed by atoms with van der Waals surface area (Å²) in [7, 11) is 0. The standard InChI is InChI=1S/C14H16ClFN2O2/c1-8(2)17-6-3-7-18-12-10(16)5-4-9(15)11(12)13(19)14(18)20/h4-5,8,17H,3,6-7H2,1-2H3. The first-order valence-electron chi connectivity index (χ1n) is 6.51. The van der Waals surface area contributed by atoms with Gasteiger partial charge in [-0.05, 0) is 25.1 Å². The minimum atomic E-state index is -0.735. The smallest absolute Gasteiger partial charge is 0.299 e. The van der Waals surface area contributed by atoms with E-state index in [2.05, 4.69) is 5.32 Å². The minimum absolute atomic E-state index is 0.0112. The van der Waals surface area contributed by atoms with E-state index in [-0.39, 0.29) is 22.8 Å². The molecule has 0 saturated carbocycles. The summed E-state index contributed by atoms with van der Waals surface area (Å²) in [6.07, 6.45) is 0.628. The molecule has 4 nitrogen and oxygen atoms in total. The minimum Gasteiger partial charge on any atom is -0.314 e. The highest BCUT2D eigenvalue weighted by atomic mass is 35.5. The zero-order valence-corrected chi connectivity index (χ0v) is 12.1. The summed E-state index contributed by atoms with van der Waals surface area (Å²) in [4.78, 5) is 25.0. The molecule has 0 bridgehead atoms. The molecule has 1 N–H and O–H groups in total. The quantitative estimate of drug-likeness (QED) is 0.671. The summed E-state index contributed by atoms with van der Waals surface area (Å²) in [6, 6.07) is 2.81. The van der Waals surface area contributed by atoms with Crippen molar-refractivity contribution >= 4 is 29.0 Å². The SMILES string of the molecule is CC(C)NCCCN1C(=O)C(=O)c2c(Cl)ccc(F)c21. The highest BCUT2D eigenvalue weighted by Crippen LogP contribution is 2.36. The van der Waals surface area contributed by atoms with Gasteiger partial charge in [0, 0.05) is 12.6 Å². The van der Waals surface area contributed by atoms with Gasteiger partial charge in [0.05, 0.1) is 16.3 Å². The molecule has 0 spiro atoms. The molecule has 0 unspecified atom stereocenters. The molecule has 2 rings (SSSR count). The lowest BCUT2D eigenvalue weighted by Gasteiger charge is -2.17. The second-order valence-corrected chi connectivity index (χ2v) is 5.41. The Bertz CT molecular complexity index is 560. The molecule has 20 heavy (non-hydrogen) atoms. The van der Waals surface area contributed by atoms with E-state index in [1.165, 1.54) is 17.0 Å². The lowest BCUT2D eigenvalue weighted by molar-refractivity contribution is -0.114. The van der Waals surface area contributed by atoms with E-state index in [4.69, 9.17) is 11.6 Å². The molecule has 1 amide bonds. The maximum atomic E-state index is 13.9. The summed E-state index contributed by atoms with van der Waals surface area (Å²) < 4.78 is 13.9. The van der Waals surface area contributed by atoms with Crippen molar-refractivity contribution < 1.29 is 14.0 Å². The molecule has 6 heteroatoms. The molecule has 0 fully saturated rings. The Morgan fingerprint density at radius 2 is 2.05 bits per heavy atom. The predicted octanol–water partition coefficient (Wildman–Crippen LogP) is 2.40. The average molecular weight is 299 g/mol. The Balaban J connectivity index is 2.18. The maximum absolute atomic E-state index is 13.9. The van der Waals surface area contributed by atoms with Crippen LogP contribution in [0.1, 0.15) is 30.6 Å². The number of Topliss-reactive ketones (excluding diaryl/α,β-unsaturated/α-hetero) is 1. The highest BCUT2D eigenvalue weighted by molar-refractivity contribution is 6.55. The number of anilines is 1. The van der Waals surface area contributed by atoms with E-state index >= 15 is 0 Å². The molecule has 1 aliphatic rings. The topological polar surface area (TPSA) is 49.4 Å². The van der Waals surface area contributed by atoms with Crippen molar-refractivity contribution in [1.82, 2.24) is 5.32 Å². The van der Waals surface area contributed by atoms with Gasteiger partial charge in [-0.3, -0.25) is 9.59 Å². The zero-order chi connectivity index (χ0) is 14.9. The van der Waals surface area contributed by atoms with Crippen LogP contribution in [0.2, 0.25) is 5.02 Å². The first-order chi connectivity index (χ1) is 9.43. The van der Waals surface area contributed by atoms with Crippen molar-refractivity contribution in [1.29, 1.82) is 0 Å². The van der Waals surface area contributed by atoms with Gasteiger partial charge < -0.3 is 10.2 Å². The van der Waals surface area contributed by atoms with Crippen molar-refractivity contribution in [3.05, 3.63) is 28.5 Å². The first-order valence-corrected chi connectivity index (χ1v) is 6.89. The Morgan fingerprint density at radius 1 is 1.35 bits per heavy atom. The monoisotopic (exact) mass is 298 g/mol. The Hall–Kier alpha value is -1.46. The summed E-state index contributed by atoms with van der Waals surface area (Å²) in [6.45, 7) is 5.00. The normalized spacial score (nSPS) is 14.3. The van der Waals surface area contributed by atoms with Crippen LogP contribution in [0.15, 0.2) is 12.1 Å². The Morgan fingerprint density at radius 3 is 2.70 bits per heavy atom. The molecule has 0 atom stereocenters. The number of nitrogens with one attached hydrogen (secondary N) is 1. The number of nitrogens with zero attached hydrogens (tertiary/aromatic N) is 1. The first kappa shape index (κ1) is 14.9. The van der Waals surface area contributed by atoms with Crippen molar-refractivity contribution in [3.63, 3.8) is 0 Å². The van der Waals surface area contributed by atoms with Crippen molar-refractivity contribution in [3.8, 4) is 0 Å². The summed E-state index contributed by atoms with van der Waals surface area (Å²) in [5, 5.41) is 3.32. The summed E-state index contributed by atoms with van der Waals surface area (Å²) >= 11 is 5.89. The molecular formula is C14H16ClFN2O2. The predicted molar refractivity (Wildman–Crippen MR) is 75.8 cm³/mol. The Kier molecular flexibility index (Phi) is 4.40. The van der Waals surface area contributed by atoms with Gasteiger partial charge in [0.1, 0.15) is 5.82 Å². The molecule has 0 aromatic heterocycles. The van der Waals surface area contributed by atoms with Crippen molar-refractivity contribution in [2.45, 2.75) is 26.3 Å². The largest absolute Gasteiger partial charge is 0.314 e. The van der Waals surface area contributed by atoms with E-state index in [9.17, 15) is 14.0 Å². The molecule has 1 aromatic rings. The third kappa shape index (κ3) is 2.69. The molecular weight excluding hydrogens is 283 g/mol. The van der Waals surface area contributed by atoms with Gasteiger partial charge in [-0.25, -0.2) is 4.39 Å². The Labute approximate surface area is 121 Å². The number of ketones is 1. The lowest BCUT2D eigenvalue weighted by atomic mass is 10.1. The van der Waals surface area contributed by atoms with Gasteiger partial charge in [0.25, 0.3) is 11.7 Å². The van der Waals surface area contributed by atoms with E-state index in [0.29, 0.717) is 19.0 Å². The van der Waals surface area contributed by atoms with Gasteiger partial charge in [0.15, 0.2) is 0 Å². The van der Waals surface area contributed by atoms with Crippen molar-refractivity contribution in [2.75, 3.05) is 18.0 Å². The van der Waals surface area contributed by atoms with Crippen LogP contribution in [0.3, 0.4) is 0 Å².